The van der Waals surface area contributed by atoms with E-state index < -0.39 is 0 Å². The van der Waals surface area contributed by atoms with Crippen LogP contribution < -0.4 is 0 Å². The zero-order valence-corrected chi connectivity index (χ0v) is 18.6. The largest absolute Gasteiger partial charge is 0.248 e. The molecule has 0 N–H and O–H groups in total. The Morgan fingerprint density at radius 1 is 1.17 bits per heavy atom. The first kappa shape index (κ1) is 20.2. The second-order valence-corrected chi connectivity index (χ2v) is 8.96. The topological polar surface area (TPSA) is 12.9 Å². The number of benzene rings is 1. The summed E-state index contributed by atoms with van der Waals surface area (Å²) in [5.74, 6) is 7.09. The van der Waals surface area contributed by atoms with Gasteiger partial charge in [0.25, 0.3) is 0 Å². The molecule has 0 amide bonds. The molecular weight excluding hydrogens is 362 g/mol. The molecule has 1 nitrogen and oxygen atoms in total. The summed E-state index contributed by atoms with van der Waals surface area (Å²) in [7, 11) is 0. The van der Waals surface area contributed by atoms with Gasteiger partial charge in [0.15, 0.2) is 0 Å². The van der Waals surface area contributed by atoms with E-state index in [1.807, 2.05) is 19.2 Å². The predicted octanol–water partition coefficient (Wildman–Crippen LogP) is 7.07. The third-order valence-electron chi connectivity index (χ3n) is 6.40. The average molecular weight is 392 g/mol. The molecule has 1 aromatic heterocycles. The van der Waals surface area contributed by atoms with Crippen molar-refractivity contribution < 1.29 is 0 Å². The fourth-order valence-corrected chi connectivity index (χ4v) is 4.22. The van der Waals surface area contributed by atoms with Gasteiger partial charge in [0, 0.05) is 17.2 Å². The molecule has 1 heterocycles. The molecule has 1 aromatic carbocycles. The van der Waals surface area contributed by atoms with Crippen molar-refractivity contribution in [3.8, 4) is 11.8 Å². The lowest BCUT2D eigenvalue weighted by molar-refractivity contribution is 0.748. The zero-order chi connectivity index (χ0) is 21.5. The zero-order valence-electron chi connectivity index (χ0n) is 18.6. The number of pyridine rings is 1. The second kappa shape index (κ2) is 7.62. The lowest BCUT2D eigenvalue weighted by atomic mass is 9.84. The summed E-state index contributed by atoms with van der Waals surface area (Å²) in [6.07, 6.45) is 11.7. The van der Waals surface area contributed by atoms with Crippen LogP contribution in [-0.4, -0.2) is 4.98 Å². The van der Waals surface area contributed by atoms with Gasteiger partial charge in [-0.2, -0.15) is 0 Å². The monoisotopic (exact) mass is 391 g/mol. The number of hydrogen-bond donors (Lipinski definition) is 0. The summed E-state index contributed by atoms with van der Waals surface area (Å²) in [6, 6.07) is 8.62. The van der Waals surface area contributed by atoms with Gasteiger partial charge in [-0.15, -0.1) is 0 Å². The highest BCUT2D eigenvalue weighted by Crippen LogP contribution is 2.60. The highest BCUT2D eigenvalue weighted by atomic mass is 14.7. The van der Waals surface area contributed by atoms with Gasteiger partial charge in [0.05, 0.1) is 0 Å². The molecule has 0 spiro atoms. The summed E-state index contributed by atoms with van der Waals surface area (Å²) in [6.45, 7) is 15.2. The molecule has 150 valence electrons. The molecule has 2 aliphatic carbocycles. The molecule has 2 aromatic rings. The van der Waals surface area contributed by atoms with E-state index in [1.54, 1.807) is 0 Å². The van der Waals surface area contributed by atoms with Gasteiger partial charge in [-0.25, -0.2) is 4.98 Å². The van der Waals surface area contributed by atoms with E-state index in [2.05, 4.69) is 93.6 Å². The minimum Gasteiger partial charge on any atom is -0.248 e. The van der Waals surface area contributed by atoms with E-state index >= 15 is 0 Å². The number of aromatic nitrogens is 1. The van der Waals surface area contributed by atoms with Gasteiger partial charge in [0.1, 0.15) is 5.69 Å². The van der Waals surface area contributed by atoms with Crippen LogP contribution in [-0.2, 0) is 0 Å². The fraction of sp³-hybridized carbons (Fsp3) is 0.276. The summed E-state index contributed by atoms with van der Waals surface area (Å²) in [4.78, 5) is 4.44. The van der Waals surface area contributed by atoms with Gasteiger partial charge in [0.2, 0.25) is 0 Å². The molecule has 0 saturated heterocycles. The standard InChI is InChI=1S/C29H29N/c1-7-28-26(10-8-9-24-17-29(24,28)6)27-16-23(19(2)3)15-22(21(27)5)12-14-25-13-11-20(4)18-30-25/h7-11,13,15-16,18-19H,1,17H2,2-6H3. The van der Waals surface area contributed by atoms with Crippen molar-refractivity contribution in [3.05, 3.63) is 106 Å². The van der Waals surface area contributed by atoms with Crippen molar-refractivity contribution in [1.82, 2.24) is 4.98 Å². The Kier molecular flexibility index (Phi) is 5.12. The first-order chi connectivity index (χ1) is 14.3. The van der Waals surface area contributed by atoms with Crippen molar-refractivity contribution in [2.24, 2.45) is 5.41 Å². The van der Waals surface area contributed by atoms with Crippen molar-refractivity contribution in [1.29, 1.82) is 0 Å². The third-order valence-corrected chi connectivity index (χ3v) is 6.40. The van der Waals surface area contributed by atoms with E-state index in [-0.39, 0.29) is 5.41 Å². The Balaban J connectivity index is 1.88. The first-order valence-corrected chi connectivity index (χ1v) is 10.7. The maximum atomic E-state index is 4.44. The maximum absolute atomic E-state index is 4.44. The van der Waals surface area contributed by atoms with Crippen LogP contribution in [0.25, 0.3) is 5.57 Å². The Labute approximate surface area is 181 Å². The molecule has 0 aliphatic heterocycles. The first-order valence-electron chi connectivity index (χ1n) is 10.7. The van der Waals surface area contributed by atoms with Crippen LogP contribution in [0.3, 0.4) is 0 Å². The Bertz CT molecular complexity index is 1170. The molecule has 30 heavy (non-hydrogen) atoms. The van der Waals surface area contributed by atoms with Crippen LogP contribution in [0.15, 0.2) is 72.5 Å². The van der Waals surface area contributed by atoms with Gasteiger partial charge >= 0.3 is 0 Å². The number of fused-ring (bicyclic) bond motifs is 1. The summed E-state index contributed by atoms with van der Waals surface area (Å²) < 4.78 is 0. The second-order valence-electron chi connectivity index (χ2n) is 8.96. The molecule has 0 bridgehead atoms. The normalized spacial score (nSPS) is 19.6. The quantitative estimate of drug-likeness (QED) is 0.510. The highest BCUT2D eigenvalue weighted by Gasteiger charge is 2.47. The van der Waals surface area contributed by atoms with Crippen molar-refractivity contribution in [2.75, 3.05) is 0 Å². The van der Waals surface area contributed by atoms with Gasteiger partial charge in [-0.05, 0) is 77.6 Å². The number of allylic oxidation sites excluding steroid dienone is 7. The van der Waals surface area contributed by atoms with Gasteiger partial charge in [-0.1, -0.05) is 75.3 Å². The van der Waals surface area contributed by atoms with Crippen LogP contribution in [0.5, 0.6) is 0 Å². The number of rotatable bonds is 3. The Morgan fingerprint density at radius 3 is 2.63 bits per heavy atom. The highest BCUT2D eigenvalue weighted by molar-refractivity contribution is 5.85. The van der Waals surface area contributed by atoms with Crippen LogP contribution in [0.4, 0.5) is 0 Å². The van der Waals surface area contributed by atoms with Crippen molar-refractivity contribution in [3.63, 3.8) is 0 Å². The van der Waals surface area contributed by atoms with Crippen molar-refractivity contribution >= 4 is 5.57 Å². The molecule has 1 heteroatoms. The molecule has 1 saturated carbocycles. The maximum Gasteiger partial charge on any atom is 0.113 e. The van der Waals surface area contributed by atoms with Gasteiger partial charge in [-0.3, -0.25) is 0 Å². The summed E-state index contributed by atoms with van der Waals surface area (Å²) in [5, 5.41) is 0. The number of hydrogen-bond acceptors (Lipinski definition) is 1. The summed E-state index contributed by atoms with van der Waals surface area (Å²) in [5.41, 5.74) is 11.0. The van der Waals surface area contributed by atoms with Crippen LogP contribution in [0, 0.1) is 31.1 Å². The molecule has 0 radical (unpaired) electrons. The Morgan fingerprint density at radius 2 is 1.97 bits per heavy atom. The minimum absolute atomic E-state index is 0.124. The molecule has 2 aliphatic rings. The van der Waals surface area contributed by atoms with Crippen molar-refractivity contribution in [2.45, 2.75) is 47.0 Å². The lowest BCUT2D eigenvalue weighted by Gasteiger charge is -2.19. The molecule has 1 unspecified atom stereocenters. The van der Waals surface area contributed by atoms with E-state index in [0.29, 0.717) is 5.92 Å². The Hall–Kier alpha value is -3.11. The third kappa shape index (κ3) is 3.59. The molecule has 4 rings (SSSR count). The van der Waals surface area contributed by atoms with E-state index in [4.69, 9.17) is 0 Å². The number of nitrogens with zero attached hydrogens (tertiary/aromatic N) is 1. The fourth-order valence-electron chi connectivity index (χ4n) is 4.22. The predicted molar refractivity (Wildman–Crippen MR) is 127 cm³/mol. The minimum atomic E-state index is 0.124. The molecular formula is C29H29N. The van der Waals surface area contributed by atoms with Crippen LogP contribution >= 0.6 is 0 Å². The molecule has 1 atom stereocenters. The SMILES string of the molecule is C=CC1=C(c2cc(C(C)C)cc(C#Cc3ccc(C)cn3)c2C)C=CC=C2CC21C. The van der Waals surface area contributed by atoms with Gasteiger partial charge < -0.3 is 0 Å². The van der Waals surface area contributed by atoms with E-state index in [1.165, 1.54) is 33.4 Å². The van der Waals surface area contributed by atoms with E-state index in [0.717, 1.165) is 23.2 Å². The summed E-state index contributed by atoms with van der Waals surface area (Å²) >= 11 is 0. The lowest BCUT2D eigenvalue weighted by Crippen LogP contribution is -2.03. The average Bonchev–Trinajstić information content (AvgIpc) is 3.39. The molecule has 1 fully saturated rings. The van der Waals surface area contributed by atoms with Crippen LogP contribution in [0.2, 0.25) is 0 Å². The van der Waals surface area contributed by atoms with Crippen LogP contribution in [0.1, 0.15) is 66.6 Å². The smallest absolute Gasteiger partial charge is 0.113 e. The van der Waals surface area contributed by atoms with E-state index in [9.17, 15) is 0 Å². The number of aryl methyl sites for hydroxylation is 1.